The van der Waals surface area contributed by atoms with Gasteiger partial charge in [-0.05, 0) is 6.07 Å². The highest BCUT2D eigenvalue weighted by atomic mass is 19.4. The summed E-state index contributed by atoms with van der Waals surface area (Å²) >= 11 is 0. The Morgan fingerprint density at radius 2 is 1.76 bits per heavy atom. The third-order valence-corrected chi connectivity index (χ3v) is 2.25. The average molecular weight is 249 g/mol. The summed E-state index contributed by atoms with van der Waals surface area (Å²) in [6.45, 7) is 3.45. The van der Waals surface area contributed by atoms with Crippen LogP contribution in [0.15, 0.2) is 24.3 Å². The lowest BCUT2D eigenvalue weighted by molar-refractivity contribution is -0.140. The maximum atomic E-state index is 13.5. The van der Waals surface area contributed by atoms with Crippen molar-refractivity contribution in [1.82, 2.24) is 5.32 Å². The standard InChI is InChI=1S/C12H15F4N/c1-8(2)17-11(7-12(14,15)16)9-5-3-4-6-10(9)13/h3-6,8,11,17H,7H2,1-2H3. The summed E-state index contributed by atoms with van der Waals surface area (Å²) in [5.41, 5.74) is 0.0542. The Balaban J connectivity index is 2.94. The molecule has 5 heteroatoms. The topological polar surface area (TPSA) is 12.0 Å². The van der Waals surface area contributed by atoms with Gasteiger partial charge in [-0.25, -0.2) is 4.39 Å². The van der Waals surface area contributed by atoms with Crippen LogP contribution in [0.2, 0.25) is 0 Å². The molecule has 17 heavy (non-hydrogen) atoms. The SMILES string of the molecule is CC(C)NC(CC(F)(F)F)c1ccccc1F. The van der Waals surface area contributed by atoms with Crippen LogP contribution in [0.3, 0.4) is 0 Å². The van der Waals surface area contributed by atoms with Gasteiger partial charge in [0.2, 0.25) is 0 Å². The van der Waals surface area contributed by atoms with Crippen molar-refractivity contribution >= 4 is 0 Å². The lowest BCUT2D eigenvalue weighted by atomic mass is 10.0. The highest BCUT2D eigenvalue weighted by molar-refractivity contribution is 5.21. The number of rotatable bonds is 4. The second-order valence-corrected chi connectivity index (χ2v) is 4.21. The smallest absolute Gasteiger partial charge is 0.307 e. The molecule has 0 saturated heterocycles. The van der Waals surface area contributed by atoms with Crippen LogP contribution in [-0.2, 0) is 0 Å². The summed E-state index contributed by atoms with van der Waals surface area (Å²) in [5, 5.41) is 2.73. The van der Waals surface area contributed by atoms with Crippen molar-refractivity contribution < 1.29 is 17.6 Å². The second kappa shape index (κ2) is 5.49. The van der Waals surface area contributed by atoms with E-state index >= 15 is 0 Å². The van der Waals surface area contributed by atoms with Crippen molar-refractivity contribution in [3.63, 3.8) is 0 Å². The van der Waals surface area contributed by atoms with Crippen LogP contribution in [0, 0.1) is 5.82 Å². The molecule has 0 aliphatic heterocycles. The monoisotopic (exact) mass is 249 g/mol. The van der Waals surface area contributed by atoms with Gasteiger partial charge in [0.25, 0.3) is 0 Å². The van der Waals surface area contributed by atoms with Crippen LogP contribution >= 0.6 is 0 Å². The van der Waals surface area contributed by atoms with E-state index in [4.69, 9.17) is 0 Å². The maximum Gasteiger partial charge on any atom is 0.390 e. The number of benzene rings is 1. The molecule has 1 aromatic carbocycles. The van der Waals surface area contributed by atoms with Crippen LogP contribution in [0.4, 0.5) is 17.6 Å². The quantitative estimate of drug-likeness (QED) is 0.800. The number of alkyl halides is 3. The Hall–Kier alpha value is -1.10. The van der Waals surface area contributed by atoms with Gasteiger partial charge in [-0.1, -0.05) is 32.0 Å². The van der Waals surface area contributed by atoms with Crippen molar-refractivity contribution in [3.05, 3.63) is 35.6 Å². The summed E-state index contributed by atoms with van der Waals surface area (Å²) in [7, 11) is 0. The summed E-state index contributed by atoms with van der Waals surface area (Å²) in [6, 6.07) is 4.34. The van der Waals surface area contributed by atoms with E-state index in [9.17, 15) is 17.6 Å². The fraction of sp³-hybridized carbons (Fsp3) is 0.500. The molecule has 0 fully saturated rings. The Morgan fingerprint density at radius 1 is 1.18 bits per heavy atom. The predicted molar refractivity (Wildman–Crippen MR) is 58.1 cm³/mol. The van der Waals surface area contributed by atoms with Crippen LogP contribution < -0.4 is 5.32 Å². The molecular formula is C12H15F4N. The average Bonchev–Trinajstić information content (AvgIpc) is 2.14. The van der Waals surface area contributed by atoms with E-state index in [1.165, 1.54) is 24.3 Å². The highest BCUT2D eigenvalue weighted by Crippen LogP contribution is 2.30. The van der Waals surface area contributed by atoms with E-state index in [-0.39, 0.29) is 11.6 Å². The molecule has 1 aromatic rings. The Morgan fingerprint density at radius 3 is 2.24 bits per heavy atom. The normalized spacial score (nSPS) is 14.1. The number of halogens is 4. The zero-order valence-electron chi connectivity index (χ0n) is 9.68. The zero-order chi connectivity index (χ0) is 13.1. The molecule has 0 aliphatic rings. The van der Waals surface area contributed by atoms with E-state index < -0.39 is 24.5 Å². The van der Waals surface area contributed by atoms with Gasteiger partial charge in [-0.2, -0.15) is 13.2 Å². The van der Waals surface area contributed by atoms with Gasteiger partial charge in [0, 0.05) is 17.6 Å². The van der Waals surface area contributed by atoms with E-state index in [2.05, 4.69) is 5.32 Å². The number of hydrogen-bond acceptors (Lipinski definition) is 1. The fourth-order valence-corrected chi connectivity index (χ4v) is 1.65. The summed E-state index contributed by atoms with van der Waals surface area (Å²) < 4.78 is 50.7. The molecular weight excluding hydrogens is 234 g/mol. The Kier molecular flexibility index (Phi) is 4.51. The van der Waals surface area contributed by atoms with Crippen molar-refractivity contribution in [2.24, 2.45) is 0 Å². The minimum atomic E-state index is -4.32. The first-order valence-electron chi connectivity index (χ1n) is 5.37. The first-order chi connectivity index (χ1) is 7.79. The molecule has 1 N–H and O–H groups in total. The van der Waals surface area contributed by atoms with E-state index in [1.807, 2.05) is 0 Å². The van der Waals surface area contributed by atoms with Gasteiger partial charge in [-0.3, -0.25) is 0 Å². The van der Waals surface area contributed by atoms with Crippen LogP contribution in [0.1, 0.15) is 31.9 Å². The van der Waals surface area contributed by atoms with Gasteiger partial charge in [0.1, 0.15) is 5.82 Å². The van der Waals surface area contributed by atoms with E-state index in [0.717, 1.165) is 0 Å². The number of hydrogen-bond donors (Lipinski definition) is 1. The molecule has 0 aliphatic carbocycles. The van der Waals surface area contributed by atoms with E-state index in [0.29, 0.717) is 0 Å². The minimum Gasteiger partial charge on any atom is -0.307 e. The number of nitrogens with one attached hydrogen (secondary N) is 1. The predicted octanol–water partition coefficient (Wildman–Crippen LogP) is 3.82. The lowest BCUT2D eigenvalue weighted by Gasteiger charge is -2.23. The van der Waals surface area contributed by atoms with E-state index in [1.54, 1.807) is 13.8 Å². The molecule has 1 rings (SSSR count). The highest BCUT2D eigenvalue weighted by Gasteiger charge is 2.33. The van der Waals surface area contributed by atoms with Gasteiger partial charge >= 0.3 is 6.18 Å². The third-order valence-electron chi connectivity index (χ3n) is 2.25. The summed E-state index contributed by atoms with van der Waals surface area (Å²) in [4.78, 5) is 0. The van der Waals surface area contributed by atoms with Gasteiger partial charge in [-0.15, -0.1) is 0 Å². The van der Waals surface area contributed by atoms with Gasteiger partial charge in [0.05, 0.1) is 6.42 Å². The van der Waals surface area contributed by atoms with Crippen molar-refractivity contribution in [1.29, 1.82) is 0 Å². The first kappa shape index (κ1) is 14.0. The Bertz CT molecular complexity index is 360. The molecule has 1 nitrogen and oxygen atoms in total. The third kappa shape index (κ3) is 4.73. The largest absolute Gasteiger partial charge is 0.390 e. The second-order valence-electron chi connectivity index (χ2n) is 4.21. The molecule has 0 radical (unpaired) electrons. The summed E-state index contributed by atoms with van der Waals surface area (Å²) in [6.07, 6.45) is -5.40. The molecule has 0 amide bonds. The molecule has 0 spiro atoms. The van der Waals surface area contributed by atoms with Crippen LogP contribution in [-0.4, -0.2) is 12.2 Å². The molecule has 0 heterocycles. The molecule has 0 bridgehead atoms. The van der Waals surface area contributed by atoms with Gasteiger partial charge < -0.3 is 5.32 Å². The Labute approximate surface area is 97.8 Å². The van der Waals surface area contributed by atoms with Crippen molar-refractivity contribution in [2.75, 3.05) is 0 Å². The first-order valence-corrected chi connectivity index (χ1v) is 5.37. The van der Waals surface area contributed by atoms with Crippen molar-refractivity contribution in [2.45, 2.75) is 38.5 Å². The van der Waals surface area contributed by atoms with Crippen LogP contribution in [0.5, 0.6) is 0 Å². The molecule has 0 saturated carbocycles. The molecule has 1 atom stereocenters. The van der Waals surface area contributed by atoms with Gasteiger partial charge in [0.15, 0.2) is 0 Å². The molecule has 96 valence electrons. The summed E-state index contributed by atoms with van der Waals surface area (Å²) in [5.74, 6) is -0.616. The van der Waals surface area contributed by atoms with Crippen molar-refractivity contribution in [3.8, 4) is 0 Å². The minimum absolute atomic E-state index is 0.0542. The molecule has 0 aromatic heterocycles. The molecule has 1 unspecified atom stereocenters. The maximum absolute atomic E-state index is 13.5. The lowest BCUT2D eigenvalue weighted by Crippen LogP contribution is -2.32. The van der Waals surface area contributed by atoms with Crippen LogP contribution in [0.25, 0.3) is 0 Å². The zero-order valence-corrected chi connectivity index (χ0v) is 9.68. The fourth-order valence-electron chi connectivity index (χ4n) is 1.65.